The maximum absolute atomic E-state index is 12.6. The number of fused-ring (bicyclic) bond motifs is 1. The highest BCUT2D eigenvalue weighted by atomic mass is 79.9. The average molecular weight is 395 g/mol. The van der Waals surface area contributed by atoms with Gasteiger partial charge in [-0.15, -0.1) is 0 Å². The smallest absolute Gasteiger partial charge is 0.311 e. The van der Waals surface area contributed by atoms with E-state index in [1.54, 1.807) is 4.90 Å². The van der Waals surface area contributed by atoms with Gasteiger partial charge in [0.05, 0.1) is 0 Å². The third kappa shape index (κ3) is 2.98. The number of nitrogens with one attached hydrogen (secondary N) is 2. The molecule has 0 unspecified atom stereocenters. The molecule has 0 atom stereocenters. The lowest BCUT2D eigenvalue weighted by atomic mass is 9.87. The minimum Gasteiger partial charge on any atom is -0.311 e. The van der Waals surface area contributed by atoms with E-state index in [-0.39, 0.29) is 24.3 Å². The van der Waals surface area contributed by atoms with Crippen molar-refractivity contribution in [3.63, 3.8) is 0 Å². The second-order valence-electron chi connectivity index (χ2n) is 6.64. The molecule has 2 N–H and O–H groups in total. The van der Waals surface area contributed by atoms with Gasteiger partial charge in [0.25, 0.3) is 0 Å². The second-order valence-corrected chi connectivity index (χ2v) is 7.56. The van der Waals surface area contributed by atoms with E-state index in [2.05, 4.69) is 40.0 Å². The van der Waals surface area contributed by atoms with Crippen LogP contribution in [0.4, 0.5) is 5.69 Å². The van der Waals surface area contributed by atoms with Crippen LogP contribution in [-0.2, 0) is 16.8 Å². The molecule has 7 nitrogen and oxygen atoms in total. The number of amides is 1. The summed E-state index contributed by atoms with van der Waals surface area (Å²) >= 11 is 3.46. The van der Waals surface area contributed by atoms with E-state index in [1.807, 2.05) is 18.2 Å². The lowest BCUT2D eigenvalue weighted by molar-refractivity contribution is -0.118. The summed E-state index contributed by atoms with van der Waals surface area (Å²) in [5.74, 6) is -0.0000572. The molecule has 1 aromatic heterocycles. The fourth-order valence-corrected chi connectivity index (χ4v) is 3.50. The van der Waals surface area contributed by atoms with Crippen LogP contribution in [0, 0.1) is 0 Å². The van der Waals surface area contributed by atoms with E-state index in [9.17, 15) is 14.4 Å². The number of nitrogens with zero attached hydrogens (tertiary/aromatic N) is 2. The lowest BCUT2D eigenvalue weighted by Crippen LogP contribution is -2.34. The van der Waals surface area contributed by atoms with Crippen molar-refractivity contribution < 1.29 is 4.79 Å². The number of rotatable bonds is 4. The van der Waals surface area contributed by atoms with Gasteiger partial charge in [-0.3, -0.25) is 4.79 Å². The monoisotopic (exact) mass is 394 g/mol. The molecule has 0 bridgehead atoms. The molecular weight excluding hydrogens is 376 g/mol. The van der Waals surface area contributed by atoms with Gasteiger partial charge in [-0.1, -0.05) is 35.8 Å². The molecule has 1 aliphatic heterocycles. The van der Waals surface area contributed by atoms with E-state index in [0.29, 0.717) is 13.0 Å². The molecule has 0 radical (unpaired) electrons. The van der Waals surface area contributed by atoms with Gasteiger partial charge >= 0.3 is 11.4 Å². The first-order chi connectivity index (χ1) is 11.3. The Hall–Kier alpha value is -2.09. The highest BCUT2D eigenvalue weighted by molar-refractivity contribution is 9.10. The van der Waals surface area contributed by atoms with Crippen LogP contribution < -0.4 is 16.3 Å². The van der Waals surface area contributed by atoms with Gasteiger partial charge in [-0.2, -0.15) is 0 Å². The normalized spacial score (nSPS) is 15.5. The summed E-state index contributed by atoms with van der Waals surface area (Å²) in [5.41, 5.74) is 1.02. The minimum atomic E-state index is -0.482. The van der Waals surface area contributed by atoms with E-state index in [0.717, 1.165) is 20.3 Å². The highest BCUT2D eigenvalue weighted by Gasteiger charge is 2.37. The topological polar surface area (TPSA) is 91.0 Å². The lowest BCUT2D eigenvalue weighted by Gasteiger charge is -2.20. The van der Waals surface area contributed by atoms with Crippen LogP contribution in [0.5, 0.6) is 0 Å². The third-order valence-corrected chi connectivity index (χ3v) is 4.87. The molecule has 0 saturated carbocycles. The highest BCUT2D eigenvalue weighted by Crippen LogP contribution is 2.42. The summed E-state index contributed by atoms with van der Waals surface area (Å²) in [6.07, 6.45) is 0.707. The molecule has 2 aromatic rings. The van der Waals surface area contributed by atoms with Crippen molar-refractivity contribution in [2.24, 2.45) is 0 Å². The molecule has 0 spiro atoms. The molecule has 0 aliphatic carbocycles. The number of aromatic nitrogens is 3. The largest absolute Gasteiger partial charge is 0.344 e. The molecular formula is C16H19BrN4O3. The molecule has 8 heteroatoms. The van der Waals surface area contributed by atoms with Crippen LogP contribution in [0.15, 0.2) is 32.3 Å². The Morgan fingerprint density at radius 1 is 1.25 bits per heavy atom. The third-order valence-electron chi connectivity index (χ3n) is 4.37. The molecule has 0 fully saturated rings. The summed E-state index contributed by atoms with van der Waals surface area (Å²) in [6, 6.07) is 5.99. The molecule has 2 heterocycles. The molecule has 3 rings (SSSR count). The van der Waals surface area contributed by atoms with Gasteiger partial charge in [0.15, 0.2) is 0 Å². The van der Waals surface area contributed by atoms with Gasteiger partial charge in [-0.25, -0.2) is 24.4 Å². The van der Waals surface area contributed by atoms with Crippen LogP contribution in [0.1, 0.15) is 32.3 Å². The zero-order valence-electron chi connectivity index (χ0n) is 13.6. The Labute approximate surface area is 146 Å². The van der Waals surface area contributed by atoms with Gasteiger partial charge in [0.1, 0.15) is 0 Å². The van der Waals surface area contributed by atoms with Gasteiger partial charge in [0, 0.05) is 35.1 Å². The van der Waals surface area contributed by atoms with Crippen molar-refractivity contribution in [2.75, 3.05) is 11.4 Å². The molecule has 1 aliphatic rings. The summed E-state index contributed by atoms with van der Waals surface area (Å²) in [6.45, 7) is 5.08. The predicted octanol–water partition coefficient (Wildman–Crippen LogP) is 1.73. The molecule has 1 amide bonds. The Morgan fingerprint density at radius 3 is 2.58 bits per heavy atom. The molecule has 24 heavy (non-hydrogen) atoms. The Morgan fingerprint density at radius 2 is 1.92 bits per heavy atom. The summed E-state index contributed by atoms with van der Waals surface area (Å²) in [5, 5.41) is 4.46. The second kappa shape index (κ2) is 6.08. The average Bonchev–Trinajstić information content (AvgIpc) is 2.97. The number of H-pyrrole nitrogens is 2. The fourth-order valence-electron chi connectivity index (χ4n) is 3.15. The van der Waals surface area contributed by atoms with Crippen molar-refractivity contribution in [1.82, 2.24) is 14.8 Å². The van der Waals surface area contributed by atoms with Crippen molar-refractivity contribution in [3.05, 3.63) is 49.2 Å². The predicted molar refractivity (Wildman–Crippen MR) is 94.4 cm³/mol. The molecule has 128 valence electrons. The van der Waals surface area contributed by atoms with E-state index < -0.39 is 11.4 Å². The summed E-state index contributed by atoms with van der Waals surface area (Å²) in [4.78, 5) is 37.3. The maximum Gasteiger partial charge on any atom is 0.344 e. The Balaban J connectivity index is 1.72. The van der Waals surface area contributed by atoms with Crippen molar-refractivity contribution in [3.8, 4) is 0 Å². The van der Waals surface area contributed by atoms with Crippen LogP contribution in [0.3, 0.4) is 0 Å². The molecule has 1 aromatic carbocycles. The van der Waals surface area contributed by atoms with Crippen LogP contribution >= 0.6 is 15.9 Å². The maximum atomic E-state index is 12.6. The van der Waals surface area contributed by atoms with Crippen LogP contribution in [-0.4, -0.2) is 27.2 Å². The number of halogens is 1. The quantitative estimate of drug-likeness (QED) is 0.826. The fraction of sp³-hybridized carbons (Fsp3) is 0.438. The Kier molecular flexibility index (Phi) is 4.25. The van der Waals surface area contributed by atoms with Crippen LogP contribution in [0.25, 0.3) is 0 Å². The first-order valence-electron chi connectivity index (χ1n) is 7.77. The van der Waals surface area contributed by atoms with Gasteiger partial charge < -0.3 is 4.90 Å². The van der Waals surface area contributed by atoms with Gasteiger partial charge in [0.2, 0.25) is 5.91 Å². The van der Waals surface area contributed by atoms with Crippen molar-refractivity contribution in [1.29, 1.82) is 0 Å². The van der Waals surface area contributed by atoms with E-state index >= 15 is 0 Å². The zero-order chi connectivity index (χ0) is 17.5. The van der Waals surface area contributed by atoms with Crippen molar-refractivity contribution in [2.45, 2.75) is 38.6 Å². The number of carbonyl (C=O) groups is 1. The SMILES string of the molecule is CC1(C)CN(C(=O)CCCn2c(=O)[nH][nH]c2=O)c2cc(Br)ccc21. The summed E-state index contributed by atoms with van der Waals surface area (Å²) < 4.78 is 1.99. The number of anilines is 1. The van der Waals surface area contributed by atoms with Gasteiger partial charge in [-0.05, 0) is 24.1 Å². The number of hydrogen-bond acceptors (Lipinski definition) is 3. The standard InChI is InChI=1S/C16H19BrN4O3/c1-16(2)9-21(12-8-10(17)5-6-11(12)16)13(22)4-3-7-20-14(23)18-19-15(20)24/h5-6,8H,3-4,7,9H2,1-2H3,(H,18,23)(H,19,24). The zero-order valence-corrected chi connectivity index (χ0v) is 15.1. The number of benzene rings is 1. The number of aromatic amines is 2. The number of hydrogen-bond donors (Lipinski definition) is 2. The minimum absolute atomic E-state index is 0.0000572. The first kappa shape index (κ1) is 16.8. The van der Waals surface area contributed by atoms with E-state index in [4.69, 9.17) is 0 Å². The van der Waals surface area contributed by atoms with Crippen LogP contribution in [0.2, 0.25) is 0 Å². The Bertz CT molecular complexity index is 866. The summed E-state index contributed by atoms with van der Waals surface area (Å²) in [7, 11) is 0. The van der Waals surface area contributed by atoms with Crippen molar-refractivity contribution >= 4 is 27.5 Å². The first-order valence-corrected chi connectivity index (χ1v) is 8.57. The van der Waals surface area contributed by atoms with E-state index in [1.165, 1.54) is 0 Å². The number of carbonyl (C=O) groups excluding carboxylic acids is 1. The molecule has 0 saturated heterocycles.